The van der Waals surface area contributed by atoms with Crippen molar-refractivity contribution in [2.24, 2.45) is 0 Å². The van der Waals surface area contributed by atoms with Gasteiger partial charge in [0.05, 0.1) is 18.5 Å². The molecule has 110 valence electrons. The number of hydrogen-bond acceptors (Lipinski definition) is 6. The second-order valence-corrected chi connectivity index (χ2v) is 6.48. The molecule has 0 aliphatic carbocycles. The molecule has 1 atom stereocenters. The smallest absolute Gasteiger partial charge is 0.244 e. The van der Waals surface area contributed by atoms with Gasteiger partial charge < -0.3 is 4.74 Å². The van der Waals surface area contributed by atoms with Crippen molar-refractivity contribution in [3.8, 4) is 0 Å². The molecule has 0 bridgehead atoms. The molecule has 3 rings (SSSR count). The third-order valence-corrected chi connectivity index (χ3v) is 5.06. The highest BCUT2D eigenvalue weighted by Gasteiger charge is 2.32. The molecule has 1 aliphatic heterocycles. The van der Waals surface area contributed by atoms with Crippen molar-refractivity contribution in [1.29, 1.82) is 0 Å². The lowest BCUT2D eigenvalue weighted by atomic mass is 10.2. The van der Waals surface area contributed by atoms with Crippen LogP contribution >= 0.6 is 0 Å². The Morgan fingerprint density at radius 1 is 1.19 bits per heavy atom. The minimum Gasteiger partial charge on any atom is -0.369 e. The molecule has 2 aromatic rings. The summed E-state index contributed by atoms with van der Waals surface area (Å²) in [5, 5.41) is 0. The van der Waals surface area contributed by atoms with Crippen molar-refractivity contribution in [3.05, 3.63) is 48.8 Å². The number of sulfonamides is 1. The van der Waals surface area contributed by atoms with E-state index >= 15 is 0 Å². The lowest BCUT2D eigenvalue weighted by molar-refractivity contribution is -0.00515. The van der Waals surface area contributed by atoms with E-state index in [4.69, 9.17) is 4.74 Å². The van der Waals surface area contributed by atoms with E-state index in [2.05, 4.69) is 15.0 Å². The highest BCUT2D eigenvalue weighted by atomic mass is 32.2. The Hall–Kier alpha value is -1.90. The van der Waals surface area contributed by atoms with Crippen LogP contribution in [-0.2, 0) is 14.8 Å². The highest BCUT2D eigenvalue weighted by molar-refractivity contribution is 7.89. The molecule has 8 heteroatoms. The first-order chi connectivity index (χ1) is 10.2. The number of nitrogens with zero attached hydrogens (tertiary/aromatic N) is 4. The first-order valence-corrected chi connectivity index (χ1v) is 7.89. The van der Waals surface area contributed by atoms with E-state index in [0.717, 1.165) is 0 Å². The molecular formula is C13H14N4O3S. The van der Waals surface area contributed by atoms with Crippen molar-refractivity contribution in [1.82, 2.24) is 19.3 Å². The highest BCUT2D eigenvalue weighted by Crippen LogP contribution is 2.24. The second-order valence-electron chi connectivity index (χ2n) is 4.54. The number of ether oxygens (including phenoxy) is 1. The van der Waals surface area contributed by atoms with Crippen molar-refractivity contribution >= 4 is 10.0 Å². The zero-order chi connectivity index (χ0) is 14.7. The Labute approximate surface area is 122 Å². The maximum absolute atomic E-state index is 12.6. The summed E-state index contributed by atoms with van der Waals surface area (Å²) in [5.41, 5.74) is 0.628. The predicted molar refractivity (Wildman–Crippen MR) is 73.7 cm³/mol. The molecule has 0 radical (unpaired) electrons. The minimum atomic E-state index is -3.56. The van der Waals surface area contributed by atoms with Crippen LogP contribution in [0.15, 0.2) is 48.0 Å². The summed E-state index contributed by atoms with van der Waals surface area (Å²) < 4.78 is 32.1. The van der Waals surface area contributed by atoms with Gasteiger partial charge in [-0.3, -0.25) is 15.0 Å². The number of pyridine rings is 1. The van der Waals surface area contributed by atoms with Crippen LogP contribution in [0.25, 0.3) is 0 Å². The largest absolute Gasteiger partial charge is 0.369 e. The van der Waals surface area contributed by atoms with E-state index in [1.165, 1.54) is 16.6 Å². The second kappa shape index (κ2) is 5.84. The van der Waals surface area contributed by atoms with Crippen LogP contribution in [-0.4, -0.2) is 47.4 Å². The van der Waals surface area contributed by atoms with Gasteiger partial charge in [-0.05, 0) is 12.1 Å². The Morgan fingerprint density at radius 2 is 2.05 bits per heavy atom. The van der Waals surface area contributed by atoms with Gasteiger partial charge in [-0.15, -0.1) is 0 Å². The molecule has 7 nitrogen and oxygen atoms in total. The van der Waals surface area contributed by atoms with Gasteiger partial charge in [0.2, 0.25) is 10.0 Å². The molecule has 0 aromatic carbocycles. The van der Waals surface area contributed by atoms with Crippen molar-refractivity contribution < 1.29 is 13.2 Å². The van der Waals surface area contributed by atoms with Crippen LogP contribution in [0.5, 0.6) is 0 Å². The topological polar surface area (TPSA) is 85.3 Å². The van der Waals surface area contributed by atoms with Crippen LogP contribution in [0.1, 0.15) is 11.8 Å². The van der Waals surface area contributed by atoms with E-state index < -0.39 is 16.1 Å². The lowest BCUT2D eigenvalue weighted by Crippen LogP contribution is -2.42. The van der Waals surface area contributed by atoms with E-state index in [1.54, 1.807) is 30.9 Å². The molecule has 1 saturated heterocycles. The third-order valence-electron chi connectivity index (χ3n) is 3.21. The Morgan fingerprint density at radius 3 is 2.76 bits per heavy atom. The molecule has 1 aliphatic rings. The van der Waals surface area contributed by atoms with Crippen LogP contribution in [0.2, 0.25) is 0 Å². The zero-order valence-electron chi connectivity index (χ0n) is 11.2. The van der Waals surface area contributed by atoms with Gasteiger partial charge in [-0.25, -0.2) is 8.42 Å². The van der Waals surface area contributed by atoms with Gasteiger partial charge >= 0.3 is 0 Å². The van der Waals surface area contributed by atoms with E-state index in [0.29, 0.717) is 18.8 Å². The fourth-order valence-corrected chi connectivity index (χ4v) is 3.54. The fraction of sp³-hybridized carbons (Fsp3) is 0.308. The molecular weight excluding hydrogens is 292 g/mol. The van der Waals surface area contributed by atoms with Crippen LogP contribution in [0, 0.1) is 0 Å². The number of hydrogen-bond donors (Lipinski definition) is 0. The van der Waals surface area contributed by atoms with Gasteiger partial charge in [-0.2, -0.15) is 4.31 Å². The van der Waals surface area contributed by atoms with Crippen LogP contribution < -0.4 is 0 Å². The first kappa shape index (κ1) is 14.1. The average Bonchev–Trinajstić information content (AvgIpc) is 2.57. The fourth-order valence-electron chi connectivity index (χ4n) is 2.15. The maximum atomic E-state index is 12.6. The Bertz CT molecular complexity index is 694. The van der Waals surface area contributed by atoms with Crippen molar-refractivity contribution in [2.75, 3.05) is 19.7 Å². The zero-order valence-corrected chi connectivity index (χ0v) is 12.0. The maximum Gasteiger partial charge on any atom is 0.244 e. The minimum absolute atomic E-state index is 0.185. The average molecular weight is 306 g/mol. The van der Waals surface area contributed by atoms with Gasteiger partial charge in [0, 0.05) is 37.9 Å². The molecule has 1 fully saturated rings. The quantitative estimate of drug-likeness (QED) is 0.827. The summed E-state index contributed by atoms with van der Waals surface area (Å²) >= 11 is 0. The third kappa shape index (κ3) is 2.92. The summed E-state index contributed by atoms with van der Waals surface area (Å²) in [6.45, 7) is 0.852. The standard InChI is InChI=1S/C13H14N4O3S/c18-21(19,11-2-1-3-14-8-11)17-6-7-20-13(10-17)12-9-15-4-5-16-12/h1-5,8-9,13H,6-7,10H2/t13-/m1/s1. The summed E-state index contributed by atoms with van der Waals surface area (Å²) in [6, 6.07) is 3.14. The lowest BCUT2D eigenvalue weighted by Gasteiger charge is -2.31. The molecule has 3 heterocycles. The number of aromatic nitrogens is 3. The normalized spacial score (nSPS) is 20.3. The SMILES string of the molecule is O=S(=O)(c1cccnc1)N1CCO[C@@H](c2cnccn2)C1. The summed E-state index contributed by atoms with van der Waals surface area (Å²) in [5.74, 6) is 0. The molecule has 21 heavy (non-hydrogen) atoms. The van der Waals surface area contributed by atoms with Crippen LogP contribution in [0.3, 0.4) is 0 Å². The summed E-state index contributed by atoms with van der Waals surface area (Å²) in [4.78, 5) is 12.2. The molecule has 0 amide bonds. The van der Waals surface area contributed by atoms with Gasteiger partial charge in [0.25, 0.3) is 0 Å². The first-order valence-electron chi connectivity index (χ1n) is 6.45. The predicted octanol–water partition coefficient (Wildman–Crippen LogP) is 0.634. The van der Waals surface area contributed by atoms with E-state index in [-0.39, 0.29) is 11.4 Å². The number of morpholine rings is 1. The van der Waals surface area contributed by atoms with Gasteiger partial charge in [0.1, 0.15) is 11.0 Å². The van der Waals surface area contributed by atoms with E-state index in [1.807, 2.05) is 0 Å². The molecule has 0 saturated carbocycles. The molecule has 2 aromatic heterocycles. The molecule has 0 spiro atoms. The van der Waals surface area contributed by atoms with E-state index in [9.17, 15) is 8.42 Å². The summed E-state index contributed by atoms with van der Waals surface area (Å²) in [6.07, 6.45) is 7.20. The molecule has 0 N–H and O–H groups in total. The van der Waals surface area contributed by atoms with Gasteiger partial charge in [0.15, 0.2) is 0 Å². The number of rotatable bonds is 3. The monoisotopic (exact) mass is 306 g/mol. The van der Waals surface area contributed by atoms with Crippen LogP contribution in [0.4, 0.5) is 0 Å². The van der Waals surface area contributed by atoms with Gasteiger partial charge in [-0.1, -0.05) is 0 Å². The van der Waals surface area contributed by atoms with Crippen molar-refractivity contribution in [2.45, 2.75) is 11.0 Å². The van der Waals surface area contributed by atoms with Crippen molar-refractivity contribution in [3.63, 3.8) is 0 Å². The Kier molecular flexibility index (Phi) is 3.91. The molecule has 0 unspecified atom stereocenters. The Balaban J connectivity index is 1.84. The summed E-state index contributed by atoms with van der Waals surface area (Å²) in [7, 11) is -3.56.